The maximum absolute atomic E-state index is 12.6. The van der Waals surface area contributed by atoms with Crippen molar-refractivity contribution < 1.29 is 9.53 Å². The maximum atomic E-state index is 12.6. The van der Waals surface area contributed by atoms with E-state index in [-0.39, 0.29) is 18.4 Å². The normalized spacial score (nSPS) is 20.3. The number of benzene rings is 2. The van der Waals surface area contributed by atoms with E-state index >= 15 is 0 Å². The zero-order valence-electron chi connectivity index (χ0n) is 22.5. The van der Waals surface area contributed by atoms with E-state index in [1.165, 1.54) is 25.6 Å². The molecule has 0 aliphatic carbocycles. The van der Waals surface area contributed by atoms with Gasteiger partial charge < -0.3 is 24.3 Å². The summed E-state index contributed by atoms with van der Waals surface area (Å²) in [6.45, 7) is 8.17. The SMILES string of the molecule is COC(=O)CC1c2ccccc2N=C(N2CCN(CCN(C)C)CC2)N1c1ccc(N2CCCC2)cc1. The number of piperazine rings is 1. The summed E-state index contributed by atoms with van der Waals surface area (Å²) in [5.74, 6) is 0.710. The maximum Gasteiger partial charge on any atom is 0.307 e. The van der Waals surface area contributed by atoms with E-state index < -0.39 is 0 Å². The summed E-state index contributed by atoms with van der Waals surface area (Å²) in [4.78, 5) is 29.7. The topological polar surface area (TPSA) is 54.9 Å². The first kappa shape index (κ1) is 25.5. The van der Waals surface area contributed by atoms with Crippen LogP contribution in [0.2, 0.25) is 0 Å². The van der Waals surface area contributed by atoms with Gasteiger partial charge in [0, 0.05) is 69.3 Å². The molecule has 2 saturated heterocycles. The molecule has 0 amide bonds. The van der Waals surface area contributed by atoms with Gasteiger partial charge in [-0.25, -0.2) is 4.99 Å². The number of esters is 1. The second-order valence-corrected chi connectivity index (χ2v) is 10.5. The lowest BCUT2D eigenvalue weighted by atomic mass is 9.97. The number of hydrogen-bond acceptors (Lipinski definition) is 8. The molecular weight excluding hydrogens is 464 g/mol. The van der Waals surface area contributed by atoms with Crippen LogP contribution in [-0.2, 0) is 9.53 Å². The number of nitrogens with zero attached hydrogens (tertiary/aromatic N) is 6. The minimum atomic E-state index is -0.215. The van der Waals surface area contributed by atoms with Gasteiger partial charge in [0.2, 0.25) is 5.96 Å². The Morgan fingerprint density at radius 3 is 2.27 bits per heavy atom. The standard InChI is InChI=1S/C29H40N6O2/c1-31(2)16-17-32-18-20-34(21-19-32)29-30-26-9-5-4-8-25(26)27(22-28(36)37-3)35(29)24-12-10-23(11-13-24)33-14-6-7-15-33/h4-5,8-13,27H,6-7,14-22H2,1-3H3. The zero-order valence-corrected chi connectivity index (χ0v) is 22.5. The average Bonchev–Trinajstić information content (AvgIpc) is 3.47. The van der Waals surface area contributed by atoms with Gasteiger partial charge in [-0.05, 0) is 57.3 Å². The largest absolute Gasteiger partial charge is 0.469 e. The number of ether oxygens (including phenoxy) is 1. The Bertz CT molecular complexity index is 1090. The van der Waals surface area contributed by atoms with Crippen LogP contribution >= 0.6 is 0 Å². The quantitative estimate of drug-likeness (QED) is 0.535. The molecule has 2 aromatic rings. The van der Waals surface area contributed by atoms with Crippen LogP contribution in [0.4, 0.5) is 17.1 Å². The predicted molar refractivity (Wildman–Crippen MR) is 150 cm³/mol. The molecule has 1 atom stereocenters. The molecule has 3 aliphatic heterocycles. The molecule has 0 radical (unpaired) electrons. The van der Waals surface area contributed by atoms with Crippen LogP contribution in [0.25, 0.3) is 0 Å². The van der Waals surface area contributed by atoms with E-state index in [1.54, 1.807) is 0 Å². The number of carbonyl (C=O) groups is 1. The Labute approximate surface area is 221 Å². The highest BCUT2D eigenvalue weighted by atomic mass is 16.5. The van der Waals surface area contributed by atoms with Gasteiger partial charge in [-0.2, -0.15) is 0 Å². The van der Waals surface area contributed by atoms with E-state index in [2.05, 4.69) is 75.0 Å². The Kier molecular flexibility index (Phi) is 7.96. The van der Waals surface area contributed by atoms with E-state index in [1.807, 2.05) is 12.1 Å². The minimum absolute atomic E-state index is 0.180. The van der Waals surface area contributed by atoms with Crippen molar-refractivity contribution in [2.24, 2.45) is 4.99 Å². The lowest BCUT2D eigenvalue weighted by Crippen LogP contribution is -2.55. The summed E-state index contributed by atoms with van der Waals surface area (Å²) >= 11 is 0. The second-order valence-electron chi connectivity index (χ2n) is 10.5. The number of carbonyl (C=O) groups excluding carboxylic acids is 1. The van der Waals surface area contributed by atoms with Crippen LogP contribution in [-0.4, -0.2) is 100 Å². The van der Waals surface area contributed by atoms with Crippen molar-refractivity contribution in [2.75, 3.05) is 83.4 Å². The van der Waals surface area contributed by atoms with Crippen LogP contribution in [0.5, 0.6) is 0 Å². The predicted octanol–water partition coefficient (Wildman–Crippen LogP) is 3.58. The van der Waals surface area contributed by atoms with E-state index in [4.69, 9.17) is 9.73 Å². The van der Waals surface area contributed by atoms with Crippen molar-refractivity contribution in [1.29, 1.82) is 0 Å². The monoisotopic (exact) mass is 504 g/mol. The number of guanidine groups is 1. The van der Waals surface area contributed by atoms with Crippen molar-refractivity contribution in [2.45, 2.75) is 25.3 Å². The molecule has 0 saturated carbocycles. The zero-order chi connectivity index (χ0) is 25.8. The number of aliphatic imine (C=N–C) groups is 1. The molecule has 0 N–H and O–H groups in total. The average molecular weight is 505 g/mol. The van der Waals surface area contributed by atoms with Crippen LogP contribution in [0, 0.1) is 0 Å². The number of para-hydroxylation sites is 1. The summed E-state index contributed by atoms with van der Waals surface area (Å²) in [6, 6.07) is 16.8. The molecule has 3 heterocycles. The molecule has 37 heavy (non-hydrogen) atoms. The van der Waals surface area contributed by atoms with Crippen molar-refractivity contribution in [3.05, 3.63) is 54.1 Å². The van der Waals surface area contributed by atoms with Crippen LogP contribution in [0.3, 0.4) is 0 Å². The molecule has 3 aliphatic rings. The summed E-state index contributed by atoms with van der Waals surface area (Å²) in [6.07, 6.45) is 2.77. The Morgan fingerprint density at radius 1 is 0.919 bits per heavy atom. The molecule has 2 fully saturated rings. The first-order chi connectivity index (χ1) is 18.0. The van der Waals surface area contributed by atoms with Crippen LogP contribution in [0.15, 0.2) is 53.5 Å². The van der Waals surface area contributed by atoms with Gasteiger partial charge in [-0.15, -0.1) is 0 Å². The third-order valence-corrected chi connectivity index (χ3v) is 7.75. The fourth-order valence-electron chi connectivity index (χ4n) is 5.58. The molecule has 0 aromatic heterocycles. The van der Waals surface area contributed by atoms with Crippen molar-refractivity contribution in [3.8, 4) is 0 Å². The third-order valence-electron chi connectivity index (χ3n) is 7.75. The lowest BCUT2D eigenvalue weighted by Gasteiger charge is -2.45. The summed E-state index contributed by atoms with van der Waals surface area (Å²) in [5.41, 5.74) is 4.31. The van der Waals surface area contributed by atoms with Crippen LogP contribution < -0.4 is 9.80 Å². The van der Waals surface area contributed by atoms with Gasteiger partial charge in [0.05, 0.1) is 25.3 Å². The van der Waals surface area contributed by atoms with Crippen molar-refractivity contribution in [1.82, 2.24) is 14.7 Å². The third kappa shape index (κ3) is 5.75. The molecule has 5 rings (SSSR count). The smallest absolute Gasteiger partial charge is 0.307 e. The molecule has 0 spiro atoms. The minimum Gasteiger partial charge on any atom is -0.469 e. The molecule has 8 nitrogen and oxygen atoms in total. The molecule has 8 heteroatoms. The number of likely N-dealkylation sites (N-methyl/N-ethyl adjacent to an activating group) is 1. The van der Waals surface area contributed by atoms with Gasteiger partial charge in [0.1, 0.15) is 0 Å². The van der Waals surface area contributed by atoms with Crippen molar-refractivity contribution >= 4 is 29.0 Å². The van der Waals surface area contributed by atoms with Gasteiger partial charge in [0.15, 0.2) is 0 Å². The fraction of sp³-hybridized carbons (Fsp3) is 0.517. The number of fused-ring (bicyclic) bond motifs is 1. The number of rotatable bonds is 7. The summed E-state index contributed by atoms with van der Waals surface area (Å²) in [5, 5.41) is 0. The Balaban J connectivity index is 1.47. The summed E-state index contributed by atoms with van der Waals surface area (Å²) < 4.78 is 5.14. The van der Waals surface area contributed by atoms with Crippen molar-refractivity contribution in [3.63, 3.8) is 0 Å². The summed E-state index contributed by atoms with van der Waals surface area (Å²) in [7, 11) is 5.71. The second kappa shape index (κ2) is 11.5. The molecule has 1 unspecified atom stereocenters. The van der Waals surface area contributed by atoms with Gasteiger partial charge >= 0.3 is 5.97 Å². The number of anilines is 2. The highest BCUT2D eigenvalue weighted by molar-refractivity contribution is 6.01. The first-order valence-corrected chi connectivity index (χ1v) is 13.5. The van der Waals surface area contributed by atoms with Crippen LogP contribution in [0.1, 0.15) is 30.9 Å². The number of hydrogen-bond donors (Lipinski definition) is 0. The Morgan fingerprint density at radius 2 is 1.59 bits per heavy atom. The fourth-order valence-corrected chi connectivity index (χ4v) is 5.58. The lowest BCUT2D eigenvalue weighted by molar-refractivity contribution is -0.141. The highest BCUT2D eigenvalue weighted by Gasteiger charge is 2.36. The van der Waals surface area contributed by atoms with E-state index in [9.17, 15) is 4.79 Å². The van der Waals surface area contributed by atoms with Gasteiger partial charge in [-0.3, -0.25) is 9.69 Å². The Hall–Kier alpha value is -3.10. The molecule has 198 valence electrons. The first-order valence-electron chi connectivity index (χ1n) is 13.5. The number of methoxy groups -OCH3 is 1. The van der Waals surface area contributed by atoms with E-state index in [0.29, 0.717) is 0 Å². The van der Waals surface area contributed by atoms with Gasteiger partial charge in [-0.1, -0.05) is 18.2 Å². The molecule has 2 aromatic carbocycles. The molecular formula is C29H40N6O2. The van der Waals surface area contributed by atoms with E-state index in [0.717, 1.165) is 75.3 Å². The highest BCUT2D eigenvalue weighted by Crippen LogP contribution is 2.41. The van der Waals surface area contributed by atoms with Gasteiger partial charge in [0.25, 0.3) is 0 Å². The molecule has 0 bridgehead atoms.